The van der Waals surface area contributed by atoms with Crippen molar-refractivity contribution in [2.45, 2.75) is 32.1 Å². The lowest BCUT2D eigenvalue weighted by molar-refractivity contribution is 0.210. The van der Waals surface area contributed by atoms with Crippen molar-refractivity contribution in [2.75, 3.05) is 19.6 Å². The van der Waals surface area contributed by atoms with E-state index in [1.807, 2.05) is 26.2 Å². The first-order valence-corrected chi connectivity index (χ1v) is 7.45. The highest BCUT2D eigenvalue weighted by molar-refractivity contribution is 5.05. The van der Waals surface area contributed by atoms with E-state index in [1.165, 1.54) is 0 Å². The Hall–Kier alpha value is -1.89. The van der Waals surface area contributed by atoms with E-state index in [1.54, 1.807) is 4.68 Å². The Labute approximate surface area is 124 Å². The van der Waals surface area contributed by atoms with Gasteiger partial charge in [0.15, 0.2) is 5.82 Å². The van der Waals surface area contributed by atoms with Gasteiger partial charge >= 0.3 is 0 Å². The molecule has 3 rings (SSSR count). The molecule has 21 heavy (non-hydrogen) atoms. The van der Waals surface area contributed by atoms with Crippen LogP contribution in [-0.4, -0.2) is 54.7 Å². The van der Waals surface area contributed by atoms with Gasteiger partial charge in [-0.05, 0) is 49.3 Å². The van der Waals surface area contributed by atoms with Crippen LogP contribution in [0.2, 0.25) is 0 Å². The van der Waals surface area contributed by atoms with E-state index in [0.29, 0.717) is 5.92 Å². The minimum atomic E-state index is 0.498. The fraction of sp³-hybridized carbons (Fsp3) is 0.643. The van der Waals surface area contributed by atoms with Crippen LogP contribution in [0.5, 0.6) is 0 Å². The van der Waals surface area contributed by atoms with Crippen LogP contribution in [0, 0.1) is 6.92 Å². The summed E-state index contributed by atoms with van der Waals surface area (Å²) >= 11 is 0. The molecule has 7 heteroatoms. The standard InChI is InChI=1S/C14H21N7/c1-11-3-7-15-14(16-11)12-4-8-21(9-5-12)10-6-13-17-18-19-20(13)2/h3,7,12H,4-6,8-10H2,1-2H3. The van der Waals surface area contributed by atoms with Crippen LogP contribution in [0.15, 0.2) is 12.3 Å². The third-order valence-corrected chi connectivity index (χ3v) is 4.13. The maximum Gasteiger partial charge on any atom is 0.152 e. The summed E-state index contributed by atoms with van der Waals surface area (Å²) in [4.78, 5) is 11.5. The number of aryl methyl sites for hydroxylation is 2. The second-order valence-corrected chi connectivity index (χ2v) is 5.64. The number of hydrogen-bond donors (Lipinski definition) is 0. The Kier molecular flexibility index (Phi) is 4.19. The summed E-state index contributed by atoms with van der Waals surface area (Å²) in [5, 5.41) is 11.6. The van der Waals surface area contributed by atoms with E-state index in [0.717, 1.165) is 56.2 Å². The van der Waals surface area contributed by atoms with Crippen LogP contribution in [0.4, 0.5) is 0 Å². The van der Waals surface area contributed by atoms with E-state index in [2.05, 4.69) is 30.4 Å². The molecule has 112 valence electrons. The summed E-state index contributed by atoms with van der Waals surface area (Å²) in [5.74, 6) is 2.45. The molecule has 0 atom stereocenters. The van der Waals surface area contributed by atoms with Crippen LogP contribution in [0.3, 0.4) is 0 Å². The largest absolute Gasteiger partial charge is 0.303 e. The summed E-state index contributed by atoms with van der Waals surface area (Å²) in [6, 6.07) is 1.95. The molecule has 0 unspecified atom stereocenters. The number of tetrazole rings is 1. The molecule has 0 aromatic carbocycles. The minimum absolute atomic E-state index is 0.498. The molecule has 1 aliphatic heterocycles. The average Bonchev–Trinajstić information content (AvgIpc) is 2.91. The normalized spacial score (nSPS) is 17.2. The molecule has 0 aliphatic carbocycles. The number of likely N-dealkylation sites (tertiary alicyclic amines) is 1. The lowest BCUT2D eigenvalue weighted by Crippen LogP contribution is -2.35. The van der Waals surface area contributed by atoms with Gasteiger partial charge < -0.3 is 4.90 Å². The predicted molar refractivity (Wildman–Crippen MR) is 77.7 cm³/mol. The molecule has 1 fully saturated rings. The Balaban J connectivity index is 1.50. The predicted octanol–water partition coefficient (Wildman–Crippen LogP) is 0.731. The molecule has 0 radical (unpaired) electrons. The van der Waals surface area contributed by atoms with Crippen molar-refractivity contribution in [3.05, 3.63) is 29.6 Å². The molecule has 0 spiro atoms. The van der Waals surface area contributed by atoms with E-state index in [4.69, 9.17) is 0 Å². The molecular weight excluding hydrogens is 266 g/mol. The van der Waals surface area contributed by atoms with E-state index >= 15 is 0 Å². The van der Waals surface area contributed by atoms with Gasteiger partial charge in [0.1, 0.15) is 5.82 Å². The van der Waals surface area contributed by atoms with E-state index in [-0.39, 0.29) is 0 Å². The molecule has 0 N–H and O–H groups in total. The first-order valence-electron chi connectivity index (χ1n) is 7.45. The second kappa shape index (κ2) is 6.26. The molecule has 0 amide bonds. The average molecular weight is 287 g/mol. The van der Waals surface area contributed by atoms with Crippen molar-refractivity contribution in [3.8, 4) is 0 Å². The fourth-order valence-electron chi connectivity index (χ4n) is 2.80. The highest BCUT2D eigenvalue weighted by Gasteiger charge is 2.22. The molecule has 3 heterocycles. The van der Waals surface area contributed by atoms with Crippen LogP contribution in [0.25, 0.3) is 0 Å². The van der Waals surface area contributed by atoms with Crippen molar-refractivity contribution in [3.63, 3.8) is 0 Å². The van der Waals surface area contributed by atoms with Gasteiger partial charge in [-0.2, -0.15) is 0 Å². The Morgan fingerprint density at radius 3 is 2.76 bits per heavy atom. The molecule has 0 saturated carbocycles. The third-order valence-electron chi connectivity index (χ3n) is 4.13. The quantitative estimate of drug-likeness (QED) is 0.825. The van der Waals surface area contributed by atoms with Gasteiger partial charge in [0.25, 0.3) is 0 Å². The number of hydrogen-bond acceptors (Lipinski definition) is 6. The van der Waals surface area contributed by atoms with Crippen LogP contribution in [-0.2, 0) is 13.5 Å². The first kappa shape index (κ1) is 14.1. The molecule has 1 aliphatic rings. The summed E-state index contributed by atoms with van der Waals surface area (Å²) in [5.41, 5.74) is 1.05. The zero-order valence-electron chi connectivity index (χ0n) is 12.6. The maximum atomic E-state index is 4.56. The molecule has 2 aromatic rings. The fourth-order valence-corrected chi connectivity index (χ4v) is 2.80. The van der Waals surface area contributed by atoms with Crippen molar-refractivity contribution in [1.29, 1.82) is 0 Å². The Morgan fingerprint density at radius 2 is 2.10 bits per heavy atom. The summed E-state index contributed by atoms with van der Waals surface area (Å²) < 4.78 is 1.74. The molecule has 1 saturated heterocycles. The maximum absolute atomic E-state index is 4.56. The van der Waals surface area contributed by atoms with Crippen molar-refractivity contribution < 1.29 is 0 Å². The van der Waals surface area contributed by atoms with Gasteiger partial charge in [0, 0.05) is 37.8 Å². The van der Waals surface area contributed by atoms with Crippen molar-refractivity contribution >= 4 is 0 Å². The van der Waals surface area contributed by atoms with Crippen molar-refractivity contribution in [2.24, 2.45) is 7.05 Å². The number of piperidine rings is 1. The highest BCUT2D eigenvalue weighted by atomic mass is 15.5. The molecule has 7 nitrogen and oxygen atoms in total. The molecule has 2 aromatic heterocycles. The van der Waals surface area contributed by atoms with Crippen LogP contribution >= 0.6 is 0 Å². The van der Waals surface area contributed by atoms with Gasteiger partial charge in [-0.3, -0.25) is 0 Å². The zero-order valence-corrected chi connectivity index (χ0v) is 12.6. The highest BCUT2D eigenvalue weighted by Crippen LogP contribution is 2.25. The van der Waals surface area contributed by atoms with E-state index < -0.39 is 0 Å². The number of rotatable bonds is 4. The first-order chi connectivity index (χ1) is 10.2. The Bertz CT molecular complexity index is 587. The van der Waals surface area contributed by atoms with Gasteiger partial charge in [0.05, 0.1) is 0 Å². The van der Waals surface area contributed by atoms with Gasteiger partial charge in [-0.1, -0.05) is 0 Å². The summed E-state index contributed by atoms with van der Waals surface area (Å²) in [7, 11) is 1.89. The lowest BCUT2D eigenvalue weighted by Gasteiger charge is -2.31. The monoisotopic (exact) mass is 287 g/mol. The zero-order chi connectivity index (χ0) is 14.7. The second-order valence-electron chi connectivity index (χ2n) is 5.64. The number of nitrogens with zero attached hydrogens (tertiary/aromatic N) is 7. The smallest absolute Gasteiger partial charge is 0.152 e. The number of aromatic nitrogens is 6. The molecular formula is C14H21N7. The van der Waals surface area contributed by atoms with E-state index in [9.17, 15) is 0 Å². The lowest BCUT2D eigenvalue weighted by atomic mass is 9.95. The SMILES string of the molecule is Cc1ccnc(C2CCN(CCc3nnnn3C)CC2)n1. The molecule has 0 bridgehead atoms. The van der Waals surface area contributed by atoms with Gasteiger partial charge in [0.2, 0.25) is 0 Å². The van der Waals surface area contributed by atoms with Crippen LogP contribution < -0.4 is 0 Å². The summed E-state index contributed by atoms with van der Waals surface area (Å²) in [6.45, 7) is 5.21. The third kappa shape index (κ3) is 3.41. The van der Waals surface area contributed by atoms with Crippen LogP contribution in [0.1, 0.15) is 36.1 Å². The van der Waals surface area contributed by atoms with Gasteiger partial charge in [-0.15, -0.1) is 5.10 Å². The summed E-state index contributed by atoms with van der Waals surface area (Å²) in [6.07, 6.45) is 5.02. The van der Waals surface area contributed by atoms with Gasteiger partial charge in [-0.25, -0.2) is 14.6 Å². The topological polar surface area (TPSA) is 72.6 Å². The van der Waals surface area contributed by atoms with Crippen molar-refractivity contribution in [1.82, 2.24) is 35.1 Å². The minimum Gasteiger partial charge on any atom is -0.303 e. The Morgan fingerprint density at radius 1 is 1.29 bits per heavy atom.